The van der Waals surface area contributed by atoms with E-state index in [0.717, 1.165) is 57.0 Å². The molecule has 2 nitrogen and oxygen atoms in total. The lowest BCUT2D eigenvalue weighted by Crippen LogP contribution is -2.04. The van der Waals surface area contributed by atoms with Crippen LogP contribution in [0.5, 0.6) is 5.75 Å². The molecule has 0 radical (unpaired) electrons. The zero-order chi connectivity index (χ0) is 22.0. The lowest BCUT2D eigenvalue weighted by molar-refractivity contribution is -0.137. The first-order valence-corrected chi connectivity index (χ1v) is 10.6. The van der Waals surface area contributed by atoms with Gasteiger partial charge in [-0.05, 0) is 60.4 Å². The highest BCUT2D eigenvalue weighted by Gasteiger charge is 2.29. The molecule has 0 saturated carbocycles. The first-order valence-electron chi connectivity index (χ1n) is 9.70. The van der Waals surface area contributed by atoms with E-state index in [1.165, 1.54) is 23.5 Å². The van der Waals surface area contributed by atoms with Crippen molar-refractivity contribution in [3.63, 3.8) is 0 Å². The summed E-state index contributed by atoms with van der Waals surface area (Å²) in [6.45, 7) is 4.39. The number of alkyl halides is 3. The van der Waals surface area contributed by atoms with Gasteiger partial charge in [0.15, 0.2) is 0 Å². The maximum atomic E-state index is 12.8. The van der Waals surface area contributed by atoms with E-state index in [1.807, 2.05) is 49.6 Å². The Morgan fingerprint density at radius 1 is 0.903 bits per heavy atom. The quantitative estimate of drug-likeness (QED) is 0.318. The number of aryl methyl sites for hydroxylation is 2. The molecule has 0 aliphatic heterocycles. The first kappa shape index (κ1) is 21.1. The first-order chi connectivity index (χ1) is 14.8. The van der Waals surface area contributed by atoms with E-state index in [0.29, 0.717) is 6.61 Å². The van der Waals surface area contributed by atoms with Gasteiger partial charge < -0.3 is 4.74 Å². The number of thiazole rings is 1. The van der Waals surface area contributed by atoms with Crippen LogP contribution in [0.15, 0.2) is 71.6 Å². The molecule has 0 spiro atoms. The molecular weight excluding hydrogens is 419 g/mol. The minimum atomic E-state index is -4.33. The molecule has 0 aliphatic rings. The van der Waals surface area contributed by atoms with Crippen LogP contribution in [0.4, 0.5) is 13.2 Å². The van der Waals surface area contributed by atoms with Gasteiger partial charge >= 0.3 is 6.18 Å². The topological polar surface area (TPSA) is 22.1 Å². The van der Waals surface area contributed by atoms with Gasteiger partial charge in [0.05, 0.1) is 16.8 Å². The molecule has 0 atom stereocenters. The zero-order valence-electron chi connectivity index (χ0n) is 17.0. The molecule has 0 unspecified atom stereocenters. The molecule has 0 saturated heterocycles. The summed E-state index contributed by atoms with van der Waals surface area (Å²) in [5.41, 5.74) is 7.77. The molecule has 158 valence electrons. The van der Waals surface area contributed by atoms with Gasteiger partial charge in [-0.3, -0.25) is 0 Å². The summed E-state index contributed by atoms with van der Waals surface area (Å²) in [5, 5.41) is 1.99. The van der Waals surface area contributed by atoms with Gasteiger partial charge in [-0.25, -0.2) is 4.98 Å². The highest BCUT2D eigenvalue weighted by molar-refractivity contribution is 7.07. The molecule has 0 aliphatic carbocycles. The van der Waals surface area contributed by atoms with Crippen molar-refractivity contribution < 1.29 is 17.9 Å². The fraction of sp³-hybridized carbons (Fsp3) is 0.160. The van der Waals surface area contributed by atoms with E-state index in [4.69, 9.17) is 4.74 Å². The van der Waals surface area contributed by atoms with E-state index in [1.54, 1.807) is 5.51 Å². The average molecular weight is 440 g/mol. The third kappa shape index (κ3) is 4.80. The highest BCUT2D eigenvalue weighted by atomic mass is 32.1. The predicted molar refractivity (Wildman–Crippen MR) is 118 cm³/mol. The Kier molecular flexibility index (Phi) is 5.83. The summed E-state index contributed by atoms with van der Waals surface area (Å²) in [7, 11) is 0. The third-order valence-corrected chi connectivity index (χ3v) is 5.70. The largest absolute Gasteiger partial charge is 0.488 e. The van der Waals surface area contributed by atoms with Crippen LogP contribution in [0.25, 0.3) is 22.4 Å². The van der Waals surface area contributed by atoms with Crippen LogP contribution in [-0.4, -0.2) is 4.98 Å². The number of nitrogens with zero attached hydrogens (tertiary/aromatic N) is 1. The van der Waals surface area contributed by atoms with Crippen molar-refractivity contribution in [2.75, 3.05) is 0 Å². The van der Waals surface area contributed by atoms with E-state index in [-0.39, 0.29) is 0 Å². The van der Waals surface area contributed by atoms with E-state index in [2.05, 4.69) is 11.1 Å². The molecule has 3 aromatic carbocycles. The highest BCUT2D eigenvalue weighted by Crippen LogP contribution is 2.33. The van der Waals surface area contributed by atoms with Crippen LogP contribution >= 0.6 is 11.3 Å². The molecule has 1 aromatic heterocycles. The molecule has 4 aromatic rings. The molecule has 4 rings (SSSR count). The summed E-state index contributed by atoms with van der Waals surface area (Å²) in [5.74, 6) is 0.766. The van der Waals surface area contributed by atoms with Gasteiger partial charge in [-0.1, -0.05) is 42.0 Å². The number of rotatable bonds is 5. The van der Waals surface area contributed by atoms with Crippen LogP contribution in [-0.2, 0) is 12.8 Å². The minimum Gasteiger partial charge on any atom is -0.488 e. The molecule has 6 heteroatoms. The molecule has 0 bridgehead atoms. The normalized spacial score (nSPS) is 11.5. The molecule has 0 N–H and O–H groups in total. The van der Waals surface area contributed by atoms with Crippen molar-refractivity contribution in [2.45, 2.75) is 26.6 Å². The Balaban J connectivity index is 1.53. The van der Waals surface area contributed by atoms with Crippen LogP contribution < -0.4 is 4.74 Å². The summed E-state index contributed by atoms with van der Waals surface area (Å²) >= 11 is 1.54. The Morgan fingerprint density at radius 2 is 1.65 bits per heavy atom. The van der Waals surface area contributed by atoms with Crippen LogP contribution in [0.1, 0.15) is 22.3 Å². The maximum Gasteiger partial charge on any atom is 0.416 e. The Hall–Kier alpha value is -3.12. The number of hydrogen-bond acceptors (Lipinski definition) is 3. The molecule has 31 heavy (non-hydrogen) atoms. The average Bonchev–Trinajstić information content (AvgIpc) is 3.28. The number of hydrogen-bond donors (Lipinski definition) is 0. The number of ether oxygens (including phenoxy) is 1. The second-order valence-electron chi connectivity index (χ2n) is 7.38. The van der Waals surface area contributed by atoms with Crippen LogP contribution in [0, 0.1) is 13.8 Å². The summed E-state index contributed by atoms with van der Waals surface area (Å²) < 4.78 is 44.5. The molecular formula is C25H20F3NOS. The van der Waals surface area contributed by atoms with E-state index < -0.39 is 11.7 Å². The lowest BCUT2D eigenvalue weighted by Gasteiger charge is -2.14. The molecule has 0 fully saturated rings. The van der Waals surface area contributed by atoms with Crippen molar-refractivity contribution in [1.29, 1.82) is 0 Å². The van der Waals surface area contributed by atoms with Crippen LogP contribution in [0.3, 0.4) is 0 Å². The maximum absolute atomic E-state index is 12.8. The van der Waals surface area contributed by atoms with Crippen molar-refractivity contribution in [3.05, 3.63) is 93.8 Å². The second-order valence-corrected chi connectivity index (χ2v) is 8.10. The summed E-state index contributed by atoms with van der Waals surface area (Å²) in [6.07, 6.45) is -4.33. The Bertz CT molecular complexity index is 1180. The van der Waals surface area contributed by atoms with Crippen molar-refractivity contribution in [2.24, 2.45) is 0 Å². The standard InChI is InChI=1S/C25H20F3NOS/c1-16-3-10-24(22(11-16)23-14-31-15-29-23)30-13-20-5-4-19(12-17(20)2)18-6-8-21(9-7-18)25(26,27)28/h3-12,14-15H,13H2,1-2H3. The number of aromatic nitrogens is 1. The minimum absolute atomic E-state index is 0.388. The lowest BCUT2D eigenvalue weighted by atomic mass is 9.99. The third-order valence-electron chi connectivity index (χ3n) is 5.11. The van der Waals surface area contributed by atoms with Gasteiger partial charge in [0.1, 0.15) is 12.4 Å². The SMILES string of the molecule is Cc1ccc(OCc2ccc(-c3ccc(C(F)(F)F)cc3)cc2C)c(-c2cscn2)c1. The van der Waals surface area contributed by atoms with Crippen LogP contribution in [0.2, 0.25) is 0 Å². The predicted octanol–water partition coefficient (Wildman–Crippen LogP) is 7.69. The zero-order valence-corrected chi connectivity index (χ0v) is 17.8. The fourth-order valence-electron chi connectivity index (χ4n) is 3.36. The monoisotopic (exact) mass is 439 g/mol. The molecule has 1 heterocycles. The van der Waals surface area contributed by atoms with Crippen molar-refractivity contribution in [3.8, 4) is 28.1 Å². The van der Waals surface area contributed by atoms with Gasteiger partial charge in [0.25, 0.3) is 0 Å². The van der Waals surface area contributed by atoms with Gasteiger partial charge in [0, 0.05) is 10.9 Å². The molecule has 0 amide bonds. The fourth-order valence-corrected chi connectivity index (χ4v) is 3.91. The van der Waals surface area contributed by atoms with Crippen molar-refractivity contribution in [1.82, 2.24) is 4.98 Å². The Morgan fingerprint density at radius 3 is 2.29 bits per heavy atom. The summed E-state index contributed by atoms with van der Waals surface area (Å²) in [6, 6.07) is 17.1. The number of halogens is 3. The van der Waals surface area contributed by atoms with E-state index >= 15 is 0 Å². The van der Waals surface area contributed by atoms with Gasteiger partial charge in [0.2, 0.25) is 0 Å². The smallest absolute Gasteiger partial charge is 0.416 e. The second kappa shape index (κ2) is 8.55. The van der Waals surface area contributed by atoms with Gasteiger partial charge in [-0.15, -0.1) is 11.3 Å². The summed E-state index contributed by atoms with van der Waals surface area (Å²) in [4.78, 5) is 4.40. The van der Waals surface area contributed by atoms with Gasteiger partial charge in [-0.2, -0.15) is 13.2 Å². The van der Waals surface area contributed by atoms with E-state index in [9.17, 15) is 13.2 Å². The van der Waals surface area contributed by atoms with Crippen molar-refractivity contribution >= 4 is 11.3 Å². The Labute approximate surface area is 183 Å². The number of benzene rings is 3.